The van der Waals surface area contributed by atoms with E-state index in [2.05, 4.69) is 11.7 Å². The van der Waals surface area contributed by atoms with Crippen LogP contribution in [0.25, 0.3) is 0 Å². The Kier molecular flexibility index (Phi) is 17.5. The Morgan fingerprint density at radius 1 is 0.852 bits per heavy atom. The van der Waals surface area contributed by atoms with E-state index in [-0.39, 0.29) is 12.8 Å². The van der Waals surface area contributed by atoms with Crippen molar-refractivity contribution < 1.29 is 24.2 Å². The summed E-state index contributed by atoms with van der Waals surface area (Å²) in [5.41, 5.74) is 0. The Morgan fingerprint density at radius 2 is 1.33 bits per heavy atom. The molecule has 1 heterocycles. The molecule has 0 bridgehead atoms. The highest BCUT2D eigenvalue weighted by molar-refractivity contribution is 5.92. The molecular weight excluding hydrogens is 344 g/mol. The van der Waals surface area contributed by atoms with Gasteiger partial charge in [0.05, 0.1) is 12.8 Å². The minimum atomic E-state index is -0.885. The monoisotopic (exact) mass is 380 g/mol. The summed E-state index contributed by atoms with van der Waals surface area (Å²) in [6.07, 6.45) is 23.2. The van der Waals surface area contributed by atoms with Crippen molar-refractivity contribution >= 4 is 17.9 Å². The summed E-state index contributed by atoms with van der Waals surface area (Å²) in [5.74, 6) is -1.68. The molecule has 1 aliphatic heterocycles. The van der Waals surface area contributed by atoms with E-state index in [1.165, 1.54) is 70.6 Å². The molecule has 27 heavy (non-hydrogen) atoms. The van der Waals surface area contributed by atoms with Crippen LogP contribution in [-0.4, -0.2) is 23.0 Å². The molecule has 1 saturated heterocycles. The van der Waals surface area contributed by atoms with Crippen LogP contribution in [0.15, 0.2) is 24.3 Å². The predicted molar refractivity (Wildman–Crippen MR) is 107 cm³/mol. The smallest absolute Gasteiger partial charge is 0.328 e. The minimum Gasteiger partial charge on any atom is -0.478 e. The molecule has 0 aromatic carbocycles. The van der Waals surface area contributed by atoms with Gasteiger partial charge in [-0.1, -0.05) is 89.4 Å². The number of ether oxygens (including phenoxy) is 1. The summed E-state index contributed by atoms with van der Waals surface area (Å²) >= 11 is 0. The van der Waals surface area contributed by atoms with Gasteiger partial charge in [-0.25, -0.2) is 4.79 Å². The molecule has 0 radical (unpaired) electrons. The van der Waals surface area contributed by atoms with Gasteiger partial charge in [-0.2, -0.15) is 0 Å². The largest absolute Gasteiger partial charge is 0.478 e. The molecule has 0 amide bonds. The maximum atomic E-state index is 10.2. The van der Waals surface area contributed by atoms with Gasteiger partial charge in [0.15, 0.2) is 0 Å². The van der Waals surface area contributed by atoms with Crippen LogP contribution >= 0.6 is 0 Å². The number of unbranched alkanes of at least 4 members (excludes halogenated alkanes) is 11. The molecule has 0 atom stereocenters. The average Bonchev–Trinajstić information content (AvgIpc) is 3.01. The van der Waals surface area contributed by atoms with Gasteiger partial charge in [0.2, 0.25) is 0 Å². The fourth-order valence-corrected chi connectivity index (χ4v) is 2.67. The lowest BCUT2D eigenvalue weighted by Gasteiger charge is -2.01. The number of carbonyl (C=O) groups is 3. The number of rotatable bonds is 14. The van der Waals surface area contributed by atoms with Crippen molar-refractivity contribution in [1.29, 1.82) is 0 Å². The molecule has 1 aliphatic rings. The molecule has 0 aliphatic carbocycles. The first-order valence-corrected chi connectivity index (χ1v) is 10.4. The van der Waals surface area contributed by atoms with Crippen molar-refractivity contribution in [2.24, 2.45) is 0 Å². The lowest BCUT2D eigenvalue weighted by molar-refractivity contribution is -0.152. The molecule has 154 valence electrons. The van der Waals surface area contributed by atoms with Crippen LogP contribution in [0.1, 0.15) is 96.8 Å². The predicted octanol–water partition coefficient (Wildman–Crippen LogP) is 5.73. The fourth-order valence-electron chi connectivity index (χ4n) is 2.67. The third kappa shape index (κ3) is 20.3. The highest BCUT2D eigenvalue weighted by Gasteiger charge is 2.19. The maximum absolute atomic E-state index is 10.2. The molecule has 0 unspecified atom stereocenters. The second kappa shape index (κ2) is 18.9. The third-order valence-electron chi connectivity index (χ3n) is 4.22. The van der Waals surface area contributed by atoms with E-state index in [1.54, 1.807) is 6.08 Å². The van der Waals surface area contributed by atoms with Crippen LogP contribution in [0, 0.1) is 0 Å². The third-order valence-corrected chi connectivity index (χ3v) is 4.22. The molecule has 5 nitrogen and oxygen atoms in total. The van der Waals surface area contributed by atoms with Gasteiger partial charge in [-0.05, 0) is 12.8 Å². The summed E-state index contributed by atoms with van der Waals surface area (Å²) in [6, 6.07) is 0. The van der Waals surface area contributed by atoms with Gasteiger partial charge in [-0.15, -0.1) is 0 Å². The first-order chi connectivity index (χ1) is 13.1. The maximum Gasteiger partial charge on any atom is 0.328 e. The molecule has 1 fully saturated rings. The van der Waals surface area contributed by atoms with Crippen LogP contribution in [0.2, 0.25) is 0 Å². The van der Waals surface area contributed by atoms with E-state index in [0.29, 0.717) is 0 Å². The average molecular weight is 381 g/mol. The zero-order chi connectivity index (χ0) is 20.2. The number of carboxylic acids is 1. The number of esters is 2. The number of aliphatic carboxylic acids is 1. The Morgan fingerprint density at radius 3 is 1.74 bits per heavy atom. The topological polar surface area (TPSA) is 80.7 Å². The first kappa shape index (κ1) is 25.1. The van der Waals surface area contributed by atoms with Gasteiger partial charge in [0, 0.05) is 6.08 Å². The summed E-state index contributed by atoms with van der Waals surface area (Å²) in [7, 11) is 0. The van der Waals surface area contributed by atoms with Gasteiger partial charge >= 0.3 is 17.9 Å². The van der Waals surface area contributed by atoms with Gasteiger partial charge in [-0.3, -0.25) is 9.59 Å². The Bertz CT molecular complexity index is 451. The highest BCUT2D eigenvalue weighted by Crippen LogP contribution is 2.12. The summed E-state index contributed by atoms with van der Waals surface area (Å²) < 4.78 is 4.08. The summed E-state index contributed by atoms with van der Waals surface area (Å²) in [5, 5.41) is 8.40. The van der Waals surface area contributed by atoms with Crippen LogP contribution in [-0.2, 0) is 19.1 Å². The van der Waals surface area contributed by atoms with E-state index >= 15 is 0 Å². The minimum absolute atomic E-state index is 0.263. The summed E-state index contributed by atoms with van der Waals surface area (Å²) in [6.45, 7) is 2.26. The highest BCUT2D eigenvalue weighted by atomic mass is 16.6. The fraction of sp³-hybridized carbons (Fsp3) is 0.682. The van der Waals surface area contributed by atoms with Crippen molar-refractivity contribution in [2.75, 3.05) is 0 Å². The van der Waals surface area contributed by atoms with E-state index in [9.17, 15) is 14.4 Å². The zero-order valence-corrected chi connectivity index (χ0v) is 16.8. The normalized spacial score (nSPS) is 13.8. The van der Waals surface area contributed by atoms with Crippen LogP contribution in [0.5, 0.6) is 0 Å². The Labute approximate surface area is 163 Å². The van der Waals surface area contributed by atoms with E-state index < -0.39 is 17.9 Å². The number of hydrogen-bond donors (Lipinski definition) is 1. The zero-order valence-electron chi connectivity index (χ0n) is 16.8. The number of allylic oxidation sites excluding steroid dienone is 3. The summed E-state index contributed by atoms with van der Waals surface area (Å²) in [4.78, 5) is 30.2. The lowest BCUT2D eigenvalue weighted by Crippen LogP contribution is -1.94. The van der Waals surface area contributed by atoms with Crippen molar-refractivity contribution in [2.45, 2.75) is 96.8 Å². The molecular formula is C22H36O5. The molecule has 0 aromatic rings. The lowest BCUT2D eigenvalue weighted by atomic mass is 10.1. The van der Waals surface area contributed by atoms with Crippen LogP contribution in [0.3, 0.4) is 0 Å². The molecule has 1 rings (SSSR count). The standard InChI is InChI=1S/C18H32O2.C4H4O3/c1-2-3-4-5-6-7-8-9-10-11-12-13-14-15-16-17-18(19)20;5-3-1-2-4(6)7-3/h14-17H,2-13H2,1H3,(H,19,20);1-2H2. The van der Waals surface area contributed by atoms with E-state index in [4.69, 9.17) is 5.11 Å². The second-order valence-electron chi connectivity index (χ2n) is 6.80. The molecule has 0 spiro atoms. The molecule has 1 N–H and O–H groups in total. The van der Waals surface area contributed by atoms with Crippen molar-refractivity contribution in [3.05, 3.63) is 24.3 Å². The number of cyclic esters (lactones) is 2. The van der Waals surface area contributed by atoms with Gasteiger partial charge in [0.1, 0.15) is 0 Å². The van der Waals surface area contributed by atoms with E-state index in [0.717, 1.165) is 12.5 Å². The van der Waals surface area contributed by atoms with Crippen molar-refractivity contribution in [3.63, 3.8) is 0 Å². The quantitative estimate of drug-likeness (QED) is 0.137. The molecule has 5 heteroatoms. The number of carbonyl (C=O) groups excluding carboxylic acids is 2. The van der Waals surface area contributed by atoms with Gasteiger partial charge in [0.25, 0.3) is 0 Å². The molecule has 0 aromatic heterocycles. The second-order valence-corrected chi connectivity index (χ2v) is 6.80. The first-order valence-electron chi connectivity index (χ1n) is 10.4. The van der Waals surface area contributed by atoms with Gasteiger partial charge < -0.3 is 9.84 Å². The Hall–Kier alpha value is -1.91. The number of hydrogen-bond acceptors (Lipinski definition) is 4. The number of carboxylic acid groups (broad SMARTS) is 1. The van der Waals surface area contributed by atoms with Crippen molar-refractivity contribution in [1.82, 2.24) is 0 Å². The van der Waals surface area contributed by atoms with Crippen LogP contribution in [0.4, 0.5) is 0 Å². The Balaban J connectivity index is 0.000000797. The van der Waals surface area contributed by atoms with Crippen molar-refractivity contribution in [3.8, 4) is 0 Å². The molecule has 0 saturated carbocycles. The van der Waals surface area contributed by atoms with Crippen LogP contribution < -0.4 is 0 Å². The van der Waals surface area contributed by atoms with E-state index in [1.807, 2.05) is 12.2 Å². The SMILES string of the molecule is CCCCCCCCCCCCCC=CC=CC(=O)O.O=C1CCC(=O)O1.